The minimum absolute atomic E-state index is 0.449. The summed E-state index contributed by atoms with van der Waals surface area (Å²) in [6.45, 7) is 3.83. The lowest BCUT2D eigenvalue weighted by Gasteiger charge is -2.10. The maximum atomic E-state index is 11.0. The summed E-state index contributed by atoms with van der Waals surface area (Å²) in [5, 5.41) is 3.27. The van der Waals surface area contributed by atoms with Crippen LogP contribution < -0.4 is 15.8 Å². The number of nitrogens with one attached hydrogen (secondary N) is 1. The fraction of sp³-hybridized carbons (Fsp3) is 0.188. The summed E-state index contributed by atoms with van der Waals surface area (Å²) in [5.74, 6) is 0.928. The fourth-order valence-electron chi connectivity index (χ4n) is 1.82. The van der Waals surface area contributed by atoms with Crippen molar-refractivity contribution in [1.29, 1.82) is 0 Å². The molecule has 0 saturated carbocycles. The Balaban J connectivity index is 2.10. The van der Waals surface area contributed by atoms with Gasteiger partial charge in [-0.25, -0.2) is 0 Å². The lowest BCUT2D eigenvalue weighted by atomic mass is 10.2. The minimum Gasteiger partial charge on any atom is -0.456 e. The second-order valence-electron chi connectivity index (χ2n) is 4.54. The average Bonchev–Trinajstić information content (AvgIpc) is 2.48. The first-order valence-corrected chi connectivity index (χ1v) is 7.46. The van der Waals surface area contributed by atoms with Gasteiger partial charge in [-0.1, -0.05) is 13.0 Å². The van der Waals surface area contributed by atoms with Crippen LogP contribution >= 0.6 is 15.9 Å². The number of halogens is 1. The molecule has 0 spiro atoms. The van der Waals surface area contributed by atoms with Crippen LogP contribution in [0.1, 0.15) is 22.8 Å². The zero-order valence-corrected chi connectivity index (χ0v) is 13.3. The van der Waals surface area contributed by atoms with E-state index in [0.717, 1.165) is 23.3 Å². The molecule has 0 aliphatic carbocycles. The highest BCUT2D eigenvalue weighted by Gasteiger charge is 2.05. The first kappa shape index (κ1) is 15.5. The van der Waals surface area contributed by atoms with Crippen molar-refractivity contribution in [2.24, 2.45) is 5.73 Å². The Morgan fingerprint density at radius 3 is 2.52 bits per heavy atom. The van der Waals surface area contributed by atoms with Crippen LogP contribution in [0.5, 0.6) is 11.5 Å². The van der Waals surface area contributed by atoms with E-state index < -0.39 is 5.91 Å². The van der Waals surface area contributed by atoms with E-state index in [1.807, 2.05) is 18.2 Å². The van der Waals surface area contributed by atoms with Crippen LogP contribution in [0.4, 0.5) is 0 Å². The molecule has 2 aromatic rings. The van der Waals surface area contributed by atoms with E-state index in [2.05, 4.69) is 28.2 Å². The summed E-state index contributed by atoms with van der Waals surface area (Å²) in [6, 6.07) is 12.7. The first-order valence-electron chi connectivity index (χ1n) is 6.67. The molecule has 110 valence electrons. The molecule has 0 unspecified atom stereocenters. The molecule has 1 amide bonds. The minimum atomic E-state index is -0.449. The maximum absolute atomic E-state index is 11.0. The van der Waals surface area contributed by atoms with E-state index >= 15 is 0 Å². The number of hydrogen-bond donors (Lipinski definition) is 2. The van der Waals surface area contributed by atoms with Crippen LogP contribution in [-0.2, 0) is 6.54 Å². The predicted octanol–water partition coefficient (Wildman–Crippen LogP) is 3.45. The molecule has 0 radical (unpaired) electrons. The van der Waals surface area contributed by atoms with Gasteiger partial charge >= 0.3 is 0 Å². The standard InChI is InChI=1S/C16H17BrN2O2/c1-2-19-10-11-3-8-15(14(17)9-11)21-13-6-4-12(5-7-13)16(18)20/h3-9,19H,2,10H2,1H3,(H2,18,20). The monoisotopic (exact) mass is 348 g/mol. The Hall–Kier alpha value is -1.85. The van der Waals surface area contributed by atoms with Gasteiger partial charge in [0.15, 0.2) is 0 Å². The average molecular weight is 349 g/mol. The Bertz CT molecular complexity index is 627. The Kier molecular flexibility index (Phi) is 5.36. The number of primary amides is 1. The van der Waals surface area contributed by atoms with Crippen LogP contribution in [-0.4, -0.2) is 12.5 Å². The van der Waals surface area contributed by atoms with E-state index in [-0.39, 0.29) is 0 Å². The van der Waals surface area contributed by atoms with E-state index in [4.69, 9.17) is 10.5 Å². The van der Waals surface area contributed by atoms with E-state index in [0.29, 0.717) is 11.3 Å². The van der Waals surface area contributed by atoms with Crippen LogP contribution in [0, 0.1) is 0 Å². The topological polar surface area (TPSA) is 64.3 Å². The molecule has 0 aliphatic heterocycles. The van der Waals surface area contributed by atoms with Crippen LogP contribution in [0.25, 0.3) is 0 Å². The highest BCUT2D eigenvalue weighted by Crippen LogP contribution is 2.30. The second kappa shape index (κ2) is 7.24. The molecule has 5 heteroatoms. The van der Waals surface area contributed by atoms with Crippen molar-refractivity contribution in [2.45, 2.75) is 13.5 Å². The van der Waals surface area contributed by atoms with Gasteiger partial charge in [0.1, 0.15) is 11.5 Å². The normalized spacial score (nSPS) is 10.4. The van der Waals surface area contributed by atoms with Gasteiger partial charge in [-0.3, -0.25) is 4.79 Å². The lowest BCUT2D eigenvalue weighted by molar-refractivity contribution is 0.100. The summed E-state index contributed by atoms with van der Waals surface area (Å²) in [4.78, 5) is 11.0. The van der Waals surface area contributed by atoms with Gasteiger partial charge in [0.25, 0.3) is 0 Å². The van der Waals surface area contributed by atoms with Crippen molar-refractivity contribution < 1.29 is 9.53 Å². The predicted molar refractivity (Wildman–Crippen MR) is 86.6 cm³/mol. The molecular formula is C16H17BrN2O2. The summed E-state index contributed by atoms with van der Waals surface area (Å²) < 4.78 is 6.67. The van der Waals surface area contributed by atoms with Crippen molar-refractivity contribution in [3.8, 4) is 11.5 Å². The van der Waals surface area contributed by atoms with Gasteiger partial charge in [0.05, 0.1) is 4.47 Å². The lowest BCUT2D eigenvalue weighted by Crippen LogP contribution is -2.11. The molecule has 0 aromatic heterocycles. The highest BCUT2D eigenvalue weighted by atomic mass is 79.9. The molecule has 21 heavy (non-hydrogen) atoms. The molecule has 0 aliphatic rings. The second-order valence-corrected chi connectivity index (χ2v) is 5.39. The van der Waals surface area contributed by atoms with E-state index in [1.165, 1.54) is 5.56 Å². The molecule has 3 N–H and O–H groups in total. The number of rotatable bonds is 6. The fourth-order valence-corrected chi connectivity index (χ4v) is 2.33. The van der Waals surface area contributed by atoms with Crippen molar-refractivity contribution in [1.82, 2.24) is 5.32 Å². The number of hydrogen-bond acceptors (Lipinski definition) is 3. The Morgan fingerprint density at radius 2 is 1.95 bits per heavy atom. The van der Waals surface area contributed by atoms with Crippen molar-refractivity contribution >= 4 is 21.8 Å². The number of benzene rings is 2. The SMILES string of the molecule is CCNCc1ccc(Oc2ccc(C(N)=O)cc2)c(Br)c1. The number of carbonyl (C=O) groups is 1. The number of nitrogens with two attached hydrogens (primary N) is 1. The third-order valence-corrected chi connectivity index (χ3v) is 3.56. The smallest absolute Gasteiger partial charge is 0.248 e. The van der Waals surface area contributed by atoms with Gasteiger partial charge in [-0.2, -0.15) is 0 Å². The first-order chi connectivity index (χ1) is 10.1. The summed E-state index contributed by atoms with van der Waals surface area (Å²) in [5.41, 5.74) is 6.85. The Morgan fingerprint density at radius 1 is 1.24 bits per heavy atom. The highest BCUT2D eigenvalue weighted by molar-refractivity contribution is 9.10. The zero-order valence-electron chi connectivity index (χ0n) is 11.7. The number of ether oxygens (including phenoxy) is 1. The molecule has 0 saturated heterocycles. The summed E-state index contributed by atoms with van der Waals surface area (Å²) >= 11 is 3.51. The van der Waals surface area contributed by atoms with Gasteiger partial charge < -0.3 is 15.8 Å². The molecule has 4 nitrogen and oxygen atoms in total. The van der Waals surface area contributed by atoms with Gasteiger partial charge in [0.2, 0.25) is 5.91 Å². The molecule has 0 heterocycles. The maximum Gasteiger partial charge on any atom is 0.248 e. The van der Waals surface area contributed by atoms with Gasteiger partial charge in [-0.05, 0) is 64.4 Å². The molecule has 0 bridgehead atoms. The van der Waals surface area contributed by atoms with Crippen LogP contribution in [0.2, 0.25) is 0 Å². The van der Waals surface area contributed by atoms with E-state index in [9.17, 15) is 4.79 Å². The quantitative estimate of drug-likeness (QED) is 0.840. The van der Waals surface area contributed by atoms with Gasteiger partial charge in [-0.15, -0.1) is 0 Å². The summed E-state index contributed by atoms with van der Waals surface area (Å²) in [6.07, 6.45) is 0. The largest absolute Gasteiger partial charge is 0.456 e. The molecule has 0 fully saturated rings. The third-order valence-electron chi connectivity index (χ3n) is 2.94. The molecule has 0 atom stereocenters. The third kappa shape index (κ3) is 4.31. The van der Waals surface area contributed by atoms with E-state index in [1.54, 1.807) is 24.3 Å². The van der Waals surface area contributed by atoms with Crippen molar-refractivity contribution in [3.63, 3.8) is 0 Å². The van der Waals surface area contributed by atoms with Gasteiger partial charge in [0, 0.05) is 12.1 Å². The van der Waals surface area contributed by atoms with Crippen molar-refractivity contribution in [2.75, 3.05) is 6.54 Å². The number of carbonyl (C=O) groups excluding carboxylic acids is 1. The zero-order chi connectivity index (χ0) is 15.2. The molecule has 2 rings (SSSR count). The molecular weight excluding hydrogens is 332 g/mol. The van der Waals surface area contributed by atoms with Crippen molar-refractivity contribution in [3.05, 3.63) is 58.1 Å². The van der Waals surface area contributed by atoms with Crippen LogP contribution in [0.15, 0.2) is 46.9 Å². The number of amides is 1. The van der Waals surface area contributed by atoms with Crippen LogP contribution in [0.3, 0.4) is 0 Å². The summed E-state index contributed by atoms with van der Waals surface area (Å²) in [7, 11) is 0. The molecule has 2 aromatic carbocycles. The Labute approximate surface area is 132 Å².